The Balaban J connectivity index is 1.06. The van der Waals surface area contributed by atoms with E-state index < -0.39 is 8.07 Å². The van der Waals surface area contributed by atoms with Crippen LogP contribution >= 0.6 is 0 Å². The van der Waals surface area contributed by atoms with Crippen molar-refractivity contribution in [2.75, 3.05) is 9.80 Å². The molecule has 0 aromatic heterocycles. The minimum atomic E-state index is -2.58. The van der Waals surface area contributed by atoms with Crippen molar-refractivity contribution < 1.29 is 0 Å². The molecule has 0 fully saturated rings. The van der Waals surface area contributed by atoms with Crippen LogP contribution in [0.3, 0.4) is 0 Å². The summed E-state index contributed by atoms with van der Waals surface area (Å²) in [4.78, 5) is 4.62. The van der Waals surface area contributed by atoms with Gasteiger partial charge in [0.05, 0.1) is 0 Å². The molecule has 0 saturated carbocycles. The fourth-order valence-corrected chi connectivity index (χ4v) is 12.9. The van der Waals surface area contributed by atoms with Crippen molar-refractivity contribution in [1.29, 1.82) is 0 Å². The van der Waals surface area contributed by atoms with Crippen LogP contribution in [0.15, 0.2) is 255 Å². The molecular formula is C54H42N2Si. The molecule has 0 aliphatic rings. The van der Waals surface area contributed by atoms with E-state index >= 15 is 0 Å². The first-order valence-electron chi connectivity index (χ1n) is 19.5. The minimum Gasteiger partial charge on any atom is -0.311 e. The lowest BCUT2D eigenvalue weighted by molar-refractivity contribution is 1.26. The highest BCUT2D eigenvalue weighted by molar-refractivity contribution is 7.19. The summed E-state index contributed by atoms with van der Waals surface area (Å²) >= 11 is 0. The fraction of sp³-hybridized carbons (Fsp3) is 0. The van der Waals surface area contributed by atoms with Crippen molar-refractivity contribution in [3.8, 4) is 11.1 Å². The zero-order valence-electron chi connectivity index (χ0n) is 31.6. The molecule has 9 rings (SSSR count). The summed E-state index contributed by atoms with van der Waals surface area (Å²) in [5, 5.41) is 5.49. The van der Waals surface area contributed by atoms with Gasteiger partial charge >= 0.3 is 0 Å². The minimum absolute atomic E-state index is 1.09. The normalized spacial score (nSPS) is 11.2. The van der Waals surface area contributed by atoms with E-state index in [0.29, 0.717) is 0 Å². The Morgan fingerprint density at radius 3 is 0.702 bits per heavy atom. The highest BCUT2D eigenvalue weighted by atomic mass is 28.3. The maximum Gasteiger partial charge on any atom is 0.179 e. The second-order valence-electron chi connectivity index (χ2n) is 14.2. The van der Waals surface area contributed by atoms with Crippen LogP contribution < -0.4 is 30.5 Å². The lowest BCUT2D eigenvalue weighted by atomic mass is 10.0. The maximum absolute atomic E-state index is 2.58. The third-order valence-corrected chi connectivity index (χ3v) is 15.6. The molecular weight excluding hydrogens is 705 g/mol. The largest absolute Gasteiger partial charge is 0.311 e. The van der Waals surface area contributed by atoms with Gasteiger partial charge in [-0.1, -0.05) is 182 Å². The Labute approximate surface area is 337 Å². The van der Waals surface area contributed by atoms with E-state index in [1.54, 1.807) is 0 Å². The predicted molar refractivity (Wildman–Crippen MR) is 245 cm³/mol. The molecule has 9 aromatic rings. The number of hydrogen-bond acceptors (Lipinski definition) is 2. The number of nitrogens with zero attached hydrogens (tertiary/aromatic N) is 2. The van der Waals surface area contributed by atoms with Crippen molar-refractivity contribution >= 4 is 62.9 Å². The second kappa shape index (κ2) is 16.3. The smallest absolute Gasteiger partial charge is 0.179 e. The lowest BCUT2D eigenvalue weighted by Crippen LogP contribution is -2.74. The molecule has 272 valence electrons. The van der Waals surface area contributed by atoms with Crippen LogP contribution in [0.2, 0.25) is 0 Å². The SMILES string of the molecule is c1ccc(N(c2ccccc2)c2ccc(N(c3ccccc3)c3ccc(-c4ccc([Si](c5ccccc5)(c5ccccc5)c5ccccc5)cc4)cc3)cc2)cc1. The molecule has 0 bridgehead atoms. The summed E-state index contributed by atoms with van der Waals surface area (Å²) in [5.41, 5.74) is 9.01. The molecule has 0 radical (unpaired) electrons. The number of hydrogen-bond donors (Lipinski definition) is 0. The van der Waals surface area contributed by atoms with E-state index in [0.717, 1.165) is 34.1 Å². The van der Waals surface area contributed by atoms with Crippen LogP contribution in [0.5, 0.6) is 0 Å². The van der Waals surface area contributed by atoms with Gasteiger partial charge in [-0.3, -0.25) is 0 Å². The van der Waals surface area contributed by atoms with E-state index in [-0.39, 0.29) is 0 Å². The van der Waals surface area contributed by atoms with Crippen molar-refractivity contribution in [3.63, 3.8) is 0 Å². The average molecular weight is 747 g/mol. The van der Waals surface area contributed by atoms with Crippen LogP contribution in [0.25, 0.3) is 11.1 Å². The Bertz CT molecular complexity index is 2480. The molecule has 0 amide bonds. The number of anilines is 6. The van der Waals surface area contributed by atoms with Crippen LogP contribution in [-0.4, -0.2) is 8.07 Å². The summed E-state index contributed by atoms with van der Waals surface area (Å²) in [5.74, 6) is 0. The van der Waals surface area contributed by atoms with Crippen LogP contribution in [-0.2, 0) is 0 Å². The van der Waals surface area contributed by atoms with E-state index in [1.807, 2.05) is 0 Å². The molecule has 0 N–H and O–H groups in total. The number of para-hydroxylation sites is 3. The average Bonchev–Trinajstić information content (AvgIpc) is 3.30. The van der Waals surface area contributed by atoms with Crippen LogP contribution in [0.4, 0.5) is 34.1 Å². The second-order valence-corrected chi connectivity index (χ2v) is 18.0. The summed E-state index contributed by atoms with van der Waals surface area (Å²) in [7, 11) is -2.58. The zero-order valence-corrected chi connectivity index (χ0v) is 32.6. The Kier molecular flexibility index (Phi) is 10.1. The third kappa shape index (κ3) is 7.09. The topological polar surface area (TPSA) is 6.48 Å². The van der Waals surface area contributed by atoms with E-state index in [2.05, 4.69) is 265 Å². The molecule has 57 heavy (non-hydrogen) atoms. The van der Waals surface area contributed by atoms with Gasteiger partial charge in [-0.25, -0.2) is 0 Å². The van der Waals surface area contributed by atoms with Crippen molar-refractivity contribution in [2.24, 2.45) is 0 Å². The quantitative estimate of drug-likeness (QED) is 0.0961. The highest BCUT2D eigenvalue weighted by Crippen LogP contribution is 2.39. The number of benzene rings is 9. The molecule has 0 aliphatic carbocycles. The van der Waals surface area contributed by atoms with Gasteiger partial charge in [-0.15, -0.1) is 0 Å². The first-order chi connectivity index (χ1) is 28.3. The predicted octanol–water partition coefficient (Wildman–Crippen LogP) is 11.7. The highest BCUT2D eigenvalue weighted by Gasteiger charge is 2.41. The van der Waals surface area contributed by atoms with Crippen molar-refractivity contribution in [1.82, 2.24) is 0 Å². The van der Waals surface area contributed by atoms with Crippen LogP contribution in [0, 0.1) is 0 Å². The summed E-state index contributed by atoms with van der Waals surface area (Å²) in [6.07, 6.45) is 0. The first kappa shape index (κ1) is 35.5. The first-order valence-corrected chi connectivity index (χ1v) is 21.5. The molecule has 2 nitrogen and oxygen atoms in total. The standard InChI is InChI=1S/C54H42N2Si/c1-7-19-45(20-8-1)55(46-21-9-2-10-22-46)49-37-39-50(40-38-49)56(47-23-11-3-12-24-47)48-35-31-43(32-36-48)44-33-41-54(42-34-44)57(51-25-13-4-14-26-51,52-27-15-5-16-28-52)53-29-17-6-18-30-53/h1-42H. The Morgan fingerprint density at radius 2 is 0.404 bits per heavy atom. The molecule has 0 aliphatic heterocycles. The summed E-state index contributed by atoms with van der Waals surface area (Å²) < 4.78 is 0. The van der Waals surface area contributed by atoms with Gasteiger partial charge in [-0.2, -0.15) is 0 Å². The van der Waals surface area contributed by atoms with E-state index in [4.69, 9.17) is 0 Å². The molecule has 0 heterocycles. The molecule has 0 unspecified atom stereocenters. The van der Waals surface area contributed by atoms with Crippen molar-refractivity contribution in [3.05, 3.63) is 255 Å². The van der Waals surface area contributed by atoms with Gasteiger partial charge in [0.2, 0.25) is 0 Å². The Hall–Kier alpha value is -7.20. The van der Waals surface area contributed by atoms with E-state index in [1.165, 1.54) is 31.9 Å². The lowest BCUT2D eigenvalue weighted by Gasteiger charge is -2.34. The Morgan fingerprint density at radius 1 is 0.193 bits per heavy atom. The van der Waals surface area contributed by atoms with Crippen LogP contribution in [0.1, 0.15) is 0 Å². The van der Waals surface area contributed by atoms with E-state index in [9.17, 15) is 0 Å². The molecule has 9 aromatic carbocycles. The monoisotopic (exact) mass is 746 g/mol. The summed E-state index contributed by atoms with van der Waals surface area (Å²) in [6, 6.07) is 92.2. The van der Waals surface area contributed by atoms with Gasteiger partial charge in [-0.05, 0) is 105 Å². The third-order valence-electron chi connectivity index (χ3n) is 10.8. The maximum atomic E-state index is 2.37. The molecule has 0 saturated heterocycles. The van der Waals surface area contributed by atoms with Gasteiger partial charge in [0.1, 0.15) is 0 Å². The fourth-order valence-electron chi connectivity index (χ4n) is 8.16. The van der Waals surface area contributed by atoms with Gasteiger partial charge in [0, 0.05) is 34.1 Å². The number of rotatable bonds is 11. The molecule has 0 atom stereocenters. The molecule has 0 spiro atoms. The van der Waals surface area contributed by atoms with Crippen molar-refractivity contribution in [2.45, 2.75) is 0 Å². The van der Waals surface area contributed by atoms with Gasteiger partial charge in [0.15, 0.2) is 8.07 Å². The summed E-state index contributed by atoms with van der Waals surface area (Å²) in [6.45, 7) is 0. The van der Waals surface area contributed by atoms with Gasteiger partial charge < -0.3 is 9.80 Å². The zero-order chi connectivity index (χ0) is 38.3. The molecule has 3 heteroatoms. The van der Waals surface area contributed by atoms with Gasteiger partial charge in [0.25, 0.3) is 0 Å².